The molecular weight excluding hydrogens is 254 g/mol. The molecule has 1 N–H and O–H groups in total. The second-order valence-electron chi connectivity index (χ2n) is 5.62. The average molecular weight is 277 g/mol. The lowest BCUT2D eigenvalue weighted by molar-refractivity contribution is 0.0540. The summed E-state index contributed by atoms with van der Waals surface area (Å²) in [6, 6.07) is 6.52. The highest BCUT2D eigenvalue weighted by Gasteiger charge is 2.17. The van der Waals surface area contributed by atoms with E-state index >= 15 is 0 Å². The number of fused-ring (bicyclic) bond motifs is 1. The van der Waals surface area contributed by atoms with Crippen LogP contribution in [0.2, 0.25) is 0 Å². The van der Waals surface area contributed by atoms with Crippen molar-refractivity contribution in [2.75, 3.05) is 33.0 Å². The van der Waals surface area contributed by atoms with E-state index < -0.39 is 0 Å². The van der Waals surface area contributed by atoms with E-state index in [-0.39, 0.29) is 0 Å². The molecule has 1 aromatic carbocycles. The van der Waals surface area contributed by atoms with Gasteiger partial charge in [-0.1, -0.05) is 6.07 Å². The van der Waals surface area contributed by atoms with Crippen molar-refractivity contribution in [1.82, 2.24) is 5.32 Å². The summed E-state index contributed by atoms with van der Waals surface area (Å²) in [5.41, 5.74) is 1.24. The zero-order valence-electron chi connectivity index (χ0n) is 12.1. The molecule has 1 fully saturated rings. The Kier molecular flexibility index (Phi) is 4.43. The fourth-order valence-corrected chi connectivity index (χ4v) is 2.76. The molecule has 2 aliphatic rings. The fraction of sp³-hybridized carbons (Fsp3) is 0.625. The zero-order chi connectivity index (χ0) is 13.8. The zero-order valence-corrected chi connectivity index (χ0v) is 12.1. The molecule has 2 unspecified atom stereocenters. The Morgan fingerprint density at radius 2 is 2.05 bits per heavy atom. The van der Waals surface area contributed by atoms with Crippen molar-refractivity contribution in [2.45, 2.75) is 25.8 Å². The first-order valence-electron chi connectivity index (χ1n) is 7.53. The molecule has 4 nitrogen and oxygen atoms in total. The maximum absolute atomic E-state index is 5.64. The van der Waals surface area contributed by atoms with Crippen molar-refractivity contribution in [3.8, 4) is 11.5 Å². The Bertz CT molecular complexity index is 443. The quantitative estimate of drug-likeness (QED) is 0.918. The Labute approximate surface area is 120 Å². The second-order valence-corrected chi connectivity index (χ2v) is 5.62. The summed E-state index contributed by atoms with van der Waals surface area (Å²) >= 11 is 0. The van der Waals surface area contributed by atoms with Gasteiger partial charge in [-0.25, -0.2) is 0 Å². The molecule has 0 amide bonds. The molecule has 0 aromatic heterocycles. The maximum Gasteiger partial charge on any atom is 0.161 e. The van der Waals surface area contributed by atoms with Gasteiger partial charge in [-0.2, -0.15) is 0 Å². The molecule has 1 saturated heterocycles. The second kappa shape index (κ2) is 6.46. The van der Waals surface area contributed by atoms with Crippen LogP contribution in [0.5, 0.6) is 11.5 Å². The summed E-state index contributed by atoms with van der Waals surface area (Å²) in [5.74, 6) is 2.36. The highest BCUT2D eigenvalue weighted by atomic mass is 16.6. The topological polar surface area (TPSA) is 39.7 Å². The van der Waals surface area contributed by atoms with Crippen molar-refractivity contribution >= 4 is 0 Å². The summed E-state index contributed by atoms with van der Waals surface area (Å²) < 4.78 is 16.7. The van der Waals surface area contributed by atoms with Gasteiger partial charge in [0, 0.05) is 19.2 Å². The SMILES string of the molecule is CC(NCC1CCCOC1)c1ccc2c(c1)OCCO2. The third-order valence-corrected chi connectivity index (χ3v) is 4.03. The summed E-state index contributed by atoms with van der Waals surface area (Å²) in [7, 11) is 0. The van der Waals surface area contributed by atoms with Gasteiger partial charge in [0.2, 0.25) is 0 Å². The van der Waals surface area contributed by atoms with E-state index in [1.54, 1.807) is 0 Å². The predicted octanol–water partition coefficient (Wildman–Crippen LogP) is 2.54. The number of nitrogens with one attached hydrogen (secondary N) is 1. The molecule has 0 saturated carbocycles. The van der Waals surface area contributed by atoms with Crippen molar-refractivity contribution in [3.05, 3.63) is 23.8 Å². The van der Waals surface area contributed by atoms with Crippen LogP contribution < -0.4 is 14.8 Å². The minimum absolute atomic E-state index is 0.313. The van der Waals surface area contributed by atoms with Gasteiger partial charge in [0.15, 0.2) is 11.5 Å². The van der Waals surface area contributed by atoms with Crippen LogP contribution in [0, 0.1) is 5.92 Å². The highest BCUT2D eigenvalue weighted by molar-refractivity contribution is 5.44. The molecule has 1 aromatic rings. The van der Waals surface area contributed by atoms with Gasteiger partial charge in [0.05, 0.1) is 6.61 Å². The minimum atomic E-state index is 0.313. The van der Waals surface area contributed by atoms with Gasteiger partial charge in [-0.15, -0.1) is 0 Å². The van der Waals surface area contributed by atoms with E-state index in [9.17, 15) is 0 Å². The molecule has 110 valence electrons. The lowest BCUT2D eigenvalue weighted by Gasteiger charge is -2.25. The first-order valence-corrected chi connectivity index (χ1v) is 7.53. The van der Waals surface area contributed by atoms with E-state index in [4.69, 9.17) is 14.2 Å². The molecule has 0 aliphatic carbocycles. The fourth-order valence-electron chi connectivity index (χ4n) is 2.76. The number of ether oxygens (including phenoxy) is 3. The summed E-state index contributed by atoms with van der Waals surface area (Å²) in [4.78, 5) is 0. The molecule has 2 aliphatic heterocycles. The Morgan fingerprint density at radius 1 is 1.20 bits per heavy atom. The van der Waals surface area contributed by atoms with E-state index in [0.717, 1.165) is 31.3 Å². The lowest BCUT2D eigenvalue weighted by Crippen LogP contribution is -2.30. The standard InChI is InChI=1S/C16H23NO3/c1-12(17-10-13-3-2-6-18-11-13)14-4-5-15-16(9-14)20-8-7-19-15/h4-5,9,12-13,17H,2-3,6-8,10-11H2,1H3. The molecule has 20 heavy (non-hydrogen) atoms. The van der Waals surface area contributed by atoms with Gasteiger partial charge < -0.3 is 19.5 Å². The van der Waals surface area contributed by atoms with Gasteiger partial charge in [0.25, 0.3) is 0 Å². The average Bonchev–Trinajstić information content (AvgIpc) is 2.53. The Morgan fingerprint density at radius 3 is 2.85 bits per heavy atom. The highest BCUT2D eigenvalue weighted by Crippen LogP contribution is 2.32. The number of benzene rings is 1. The summed E-state index contributed by atoms with van der Waals surface area (Å²) in [5, 5.41) is 3.60. The number of hydrogen-bond acceptors (Lipinski definition) is 4. The van der Waals surface area contributed by atoms with Crippen LogP contribution in [0.1, 0.15) is 31.4 Å². The molecule has 4 heteroatoms. The summed E-state index contributed by atoms with van der Waals surface area (Å²) in [6.45, 7) is 6.29. The van der Waals surface area contributed by atoms with Crippen molar-refractivity contribution < 1.29 is 14.2 Å². The van der Waals surface area contributed by atoms with Crippen molar-refractivity contribution in [3.63, 3.8) is 0 Å². The normalized spacial score (nSPS) is 23.4. The van der Waals surface area contributed by atoms with Crippen LogP contribution in [-0.4, -0.2) is 33.0 Å². The monoisotopic (exact) mass is 277 g/mol. The molecule has 2 atom stereocenters. The first kappa shape index (κ1) is 13.7. The van der Waals surface area contributed by atoms with Gasteiger partial charge in [-0.05, 0) is 43.4 Å². The first-order chi connectivity index (χ1) is 9.83. The smallest absolute Gasteiger partial charge is 0.161 e. The minimum Gasteiger partial charge on any atom is -0.486 e. The van der Waals surface area contributed by atoms with Gasteiger partial charge >= 0.3 is 0 Å². The van der Waals surface area contributed by atoms with Crippen molar-refractivity contribution in [1.29, 1.82) is 0 Å². The van der Waals surface area contributed by atoms with Gasteiger partial charge in [0.1, 0.15) is 13.2 Å². The lowest BCUT2D eigenvalue weighted by atomic mass is 10.0. The number of rotatable bonds is 4. The third-order valence-electron chi connectivity index (χ3n) is 4.03. The maximum atomic E-state index is 5.64. The van der Waals surface area contributed by atoms with Crippen LogP contribution in [0.25, 0.3) is 0 Å². The largest absolute Gasteiger partial charge is 0.486 e. The summed E-state index contributed by atoms with van der Waals surface area (Å²) in [6.07, 6.45) is 2.45. The van der Waals surface area contributed by atoms with Gasteiger partial charge in [-0.3, -0.25) is 0 Å². The Balaban J connectivity index is 1.57. The number of hydrogen-bond donors (Lipinski definition) is 1. The van der Waals surface area contributed by atoms with Crippen LogP contribution in [0.3, 0.4) is 0 Å². The van der Waals surface area contributed by atoms with Crippen LogP contribution in [0.4, 0.5) is 0 Å². The molecule has 0 radical (unpaired) electrons. The van der Waals surface area contributed by atoms with Crippen LogP contribution in [0.15, 0.2) is 18.2 Å². The van der Waals surface area contributed by atoms with Crippen LogP contribution >= 0.6 is 0 Å². The van der Waals surface area contributed by atoms with E-state index in [1.165, 1.54) is 18.4 Å². The molecular formula is C16H23NO3. The molecule has 0 spiro atoms. The Hall–Kier alpha value is -1.26. The van der Waals surface area contributed by atoms with E-state index in [1.807, 2.05) is 6.07 Å². The van der Waals surface area contributed by atoms with Crippen LogP contribution in [-0.2, 0) is 4.74 Å². The molecule has 0 bridgehead atoms. The van der Waals surface area contributed by atoms with E-state index in [0.29, 0.717) is 25.2 Å². The third kappa shape index (κ3) is 3.25. The van der Waals surface area contributed by atoms with Crippen molar-refractivity contribution in [2.24, 2.45) is 5.92 Å². The van der Waals surface area contributed by atoms with E-state index in [2.05, 4.69) is 24.4 Å². The molecule has 2 heterocycles. The predicted molar refractivity (Wildman–Crippen MR) is 77.4 cm³/mol. The molecule has 3 rings (SSSR count).